The van der Waals surface area contributed by atoms with Gasteiger partial charge in [-0.3, -0.25) is 9.48 Å². The standard InChI is InChI=1S/C21H25N3OS/c1-13-9-14(2)20(15(3)10-13)21(25)22-12-18(19-7-6-8-26-19)24-17(5)11-16(4)23-24/h6-11,18H,12H2,1-5H3,(H,22,25). The predicted molar refractivity (Wildman–Crippen MR) is 107 cm³/mol. The van der Waals surface area contributed by atoms with Crippen LogP contribution in [0.25, 0.3) is 0 Å². The van der Waals surface area contributed by atoms with Crippen molar-refractivity contribution in [2.45, 2.75) is 40.7 Å². The van der Waals surface area contributed by atoms with Gasteiger partial charge in [-0.1, -0.05) is 23.8 Å². The summed E-state index contributed by atoms with van der Waals surface area (Å²) in [5, 5.41) is 9.83. The van der Waals surface area contributed by atoms with Gasteiger partial charge in [0.05, 0.1) is 5.69 Å². The number of nitrogens with zero attached hydrogens (tertiary/aromatic N) is 2. The van der Waals surface area contributed by atoms with Crippen LogP contribution in [0.2, 0.25) is 0 Å². The maximum absolute atomic E-state index is 12.9. The van der Waals surface area contributed by atoms with Crippen LogP contribution in [0.5, 0.6) is 0 Å². The first kappa shape index (κ1) is 18.4. The molecular weight excluding hydrogens is 342 g/mol. The molecule has 4 nitrogen and oxygen atoms in total. The molecule has 26 heavy (non-hydrogen) atoms. The summed E-state index contributed by atoms with van der Waals surface area (Å²) in [7, 11) is 0. The molecular formula is C21H25N3OS. The number of nitrogens with one attached hydrogen (secondary N) is 1. The Morgan fingerprint density at radius 3 is 2.38 bits per heavy atom. The lowest BCUT2D eigenvalue weighted by molar-refractivity contribution is 0.0948. The van der Waals surface area contributed by atoms with Crippen molar-refractivity contribution in [2.24, 2.45) is 0 Å². The molecule has 0 spiro atoms. The minimum absolute atomic E-state index is 0.00119. The Bertz CT molecular complexity index is 902. The van der Waals surface area contributed by atoms with Crippen LogP contribution in [0.1, 0.15) is 49.4 Å². The average molecular weight is 368 g/mol. The molecule has 0 saturated carbocycles. The number of benzene rings is 1. The summed E-state index contributed by atoms with van der Waals surface area (Å²) in [5.41, 5.74) is 6.06. The number of rotatable bonds is 5. The molecule has 0 saturated heterocycles. The monoisotopic (exact) mass is 367 g/mol. The fraction of sp³-hybridized carbons (Fsp3) is 0.333. The summed E-state index contributed by atoms with van der Waals surface area (Å²) >= 11 is 1.69. The largest absolute Gasteiger partial charge is 0.349 e. The fourth-order valence-corrected chi connectivity index (χ4v) is 4.38. The molecule has 0 aliphatic carbocycles. The van der Waals surface area contributed by atoms with E-state index in [1.54, 1.807) is 11.3 Å². The Hall–Kier alpha value is -2.40. The summed E-state index contributed by atoms with van der Waals surface area (Å²) in [5.74, 6) is -0.0249. The number of thiophene rings is 1. The number of hydrogen-bond acceptors (Lipinski definition) is 3. The van der Waals surface area contributed by atoms with Gasteiger partial charge in [-0.25, -0.2) is 0 Å². The molecule has 2 aromatic heterocycles. The molecule has 1 unspecified atom stereocenters. The van der Waals surface area contributed by atoms with E-state index in [1.165, 1.54) is 10.4 Å². The zero-order valence-electron chi connectivity index (χ0n) is 16.0. The molecule has 1 atom stereocenters. The third kappa shape index (κ3) is 3.73. The average Bonchev–Trinajstić information content (AvgIpc) is 3.17. The van der Waals surface area contributed by atoms with Crippen molar-refractivity contribution in [3.63, 3.8) is 0 Å². The zero-order chi connectivity index (χ0) is 18.8. The van der Waals surface area contributed by atoms with Crippen molar-refractivity contribution in [1.29, 1.82) is 0 Å². The van der Waals surface area contributed by atoms with E-state index in [2.05, 4.69) is 53.9 Å². The summed E-state index contributed by atoms with van der Waals surface area (Å²) in [6, 6.07) is 10.3. The van der Waals surface area contributed by atoms with E-state index < -0.39 is 0 Å². The Kier molecular flexibility index (Phi) is 5.28. The van der Waals surface area contributed by atoms with Crippen LogP contribution in [0.4, 0.5) is 0 Å². The first-order valence-corrected chi connectivity index (χ1v) is 9.67. The van der Waals surface area contributed by atoms with Crippen LogP contribution >= 0.6 is 11.3 Å². The lowest BCUT2D eigenvalue weighted by Crippen LogP contribution is -2.32. The van der Waals surface area contributed by atoms with Gasteiger partial charge in [0.15, 0.2) is 0 Å². The maximum Gasteiger partial charge on any atom is 0.251 e. The molecule has 0 aliphatic rings. The molecule has 5 heteroatoms. The van der Waals surface area contributed by atoms with Crippen LogP contribution in [-0.4, -0.2) is 22.2 Å². The first-order valence-electron chi connectivity index (χ1n) is 8.79. The van der Waals surface area contributed by atoms with Gasteiger partial charge in [0.2, 0.25) is 0 Å². The Labute approximate surface area is 158 Å². The molecule has 1 amide bonds. The van der Waals surface area contributed by atoms with E-state index in [4.69, 9.17) is 0 Å². The quantitative estimate of drug-likeness (QED) is 0.721. The Morgan fingerprint density at radius 2 is 1.85 bits per heavy atom. The second kappa shape index (κ2) is 7.46. The fourth-order valence-electron chi connectivity index (χ4n) is 3.57. The molecule has 1 aromatic carbocycles. The predicted octanol–water partition coefficient (Wildman–Crippen LogP) is 4.51. The lowest BCUT2D eigenvalue weighted by Gasteiger charge is -2.20. The molecule has 0 radical (unpaired) electrons. The SMILES string of the molecule is Cc1cc(C)c(C(=O)NCC(c2cccs2)n2nc(C)cc2C)c(C)c1. The summed E-state index contributed by atoms with van der Waals surface area (Å²) in [4.78, 5) is 14.0. The van der Waals surface area contributed by atoms with Crippen molar-refractivity contribution >= 4 is 17.2 Å². The van der Waals surface area contributed by atoms with E-state index in [1.807, 2.05) is 31.5 Å². The minimum Gasteiger partial charge on any atom is -0.349 e. The topological polar surface area (TPSA) is 46.9 Å². The molecule has 3 rings (SSSR count). The van der Waals surface area contributed by atoms with Gasteiger partial charge in [0.25, 0.3) is 5.91 Å². The molecule has 3 aromatic rings. The molecule has 0 bridgehead atoms. The second-order valence-electron chi connectivity index (χ2n) is 6.89. The van der Waals surface area contributed by atoms with Crippen LogP contribution in [-0.2, 0) is 0 Å². The van der Waals surface area contributed by atoms with Gasteiger partial charge in [0, 0.05) is 22.7 Å². The van der Waals surface area contributed by atoms with Crippen LogP contribution in [0.3, 0.4) is 0 Å². The van der Waals surface area contributed by atoms with Crippen molar-refractivity contribution in [3.05, 3.63) is 74.2 Å². The van der Waals surface area contributed by atoms with Crippen molar-refractivity contribution < 1.29 is 4.79 Å². The van der Waals surface area contributed by atoms with Gasteiger partial charge >= 0.3 is 0 Å². The van der Waals surface area contributed by atoms with Gasteiger partial charge in [-0.2, -0.15) is 5.10 Å². The Balaban J connectivity index is 1.85. The van der Waals surface area contributed by atoms with Crippen molar-refractivity contribution in [3.8, 4) is 0 Å². The number of hydrogen-bond donors (Lipinski definition) is 1. The number of aromatic nitrogens is 2. The molecule has 0 aliphatic heterocycles. The Morgan fingerprint density at radius 1 is 1.15 bits per heavy atom. The highest BCUT2D eigenvalue weighted by atomic mass is 32.1. The van der Waals surface area contributed by atoms with Crippen molar-refractivity contribution in [2.75, 3.05) is 6.54 Å². The molecule has 1 N–H and O–H groups in total. The second-order valence-corrected chi connectivity index (χ2v) is 7.87. The van der Waals surface area contributed by atoms with E-state index >= 15 is 0 Å². The third-order valence-electron chi connectivity index (χ3n) is 4.57. The van der Waals surface area contributed by atoms with Gasteiger partial charge < -0.3 is 5.32 Å². The highest BCUT2D eigenvalue weighted by Gasteiger charge is 2.20. The van der Waals surface area contributed by atoms with Gasteiger partial charge in [-0.15, -0.1) is 11.3 Å². The highest BCUT2D eigenvalue weighted by Crippen LogP contribution is 2.24. The van der Waals surface area contributed by atoms with E-state index in [0.29, 0.717) is 6.54 Å². The smallest absolute Gasteiger partial charge is 0.251 e. The first-order chi connectivity index (χ1) is 12.4. The number of amides is 1. The van der Waals surface area contributed by atoms with Crippen LogP contribution in [0.15, 0.2) is 35.7 Å². The number of aryl methyl sites for hydroxylation is 5. The summed E-state index contributed by atoms with van der Waals surface area (Å²) < 4.78 is 2.01. The van der Waals surface area contributed by atoms with Gasteiger partial charge in [-0.05, 0) is 63.3 Å². The van der Waals surface area contributed by atoms with Gasteiger partial charge in [0.1, 0.15) is 6.04 Å². The highest BCUT2D eigenvalue weighted by molar-refractivity contribution is 7.10. The molecule has 2 heterocycles. The summed E-state index contributed by atoms with van der Waals surface area (Å²) in [6.07, 6.45) is 0. The molecule has 0 fully saturated rings. The molecule has 136 valence electrons. The number of carbonyl (C=O) groups is 1. The number of carbonyl (C=O) groups excluding carboxylic acids is 1. The van der Waals surface area contributed by atoms with Crippen LogP contribution < -0.4 is 5.32 Å². The third-order valence-corrected chi connectivity index (χ3v) is 5.55. The van der Waals surface area contributed by atoms with E-state index in [9.17, 15) is 4.79 Å². The maximum atomic E-state index is 12.9. The zero-order valence-corrected chi connectivity index (χ0v) is 16.8. The lowest BCUT2D eigenvalue weighted by atomic mass is 9.99. The van der Waals surface area contributed by atoms with E-state index in [-0.39, 0.29) is 11.9 Å². The van der Waals surface area contributed by atoms with Crippen LogP contribution in [0, 0.1) is 34.6 Å². The summed E-state index contributed by atoms with van der Waals surface area (Å²) in [6.45, 7) is 10.6. The normalized spacial score (nSPS) is 12.2. The van der Waals surface area contributed by atoms with Crippen molar-refractivity contribution in [1.82, 2.24) is 15.1 Å². The van der Waals surface area contributed by atoms with E-state index in [0.717, 1.165) is 28.1 Å². The minimum atomic E-state index is -0.0249.